The van der Waals surface area contributed by atoms with E-state index in [1.165, 1.54) is 12.3 Å². The van der Waals surface area contributed by atoms with Crippen molar-refractivity contribution in [3.63, 3.8) is 0 Å². The zero-order chi connectivity index (χ0) is 18.7. The first kappa shape index (κ1) is 17.8. The first-order chi connectivity index (χ1) is 12.3. The second-order valence-corrected chi connectivity index (χ2v) is 6.72. The molecule has 1 aromatic carbocycles. The first-order valence-corrected chi connectivity index (χ1v) is 8.34. The maximum atomic E-state index is 11.9. The molecule has 1 aliphatic rings. The molecule has 0 radical (unpaired) electrons. The van der Waals surface area contributed by atoms with Crippen molar-refractivity contribution < 1.29 is 14.3 Å². The van der Waals surface area contributed by atoms with Crippen LogP contribution in [0.4, 0.5) is 0 Å². The molecule has 0 bridgehead atoms. The Morgan fingerprint density at radius 1 is 1.35 bits per heavy atom. The van der Waals surface area contributed by atoms with Gasteiger partial charge in [0.1, 0.15) is 18.8 Å². The van der Waals surface area contributed by atoms with Gasteiger partial charge in [-0.2, -0.15) is 0 Å². The average Bonchev–Trinajstić information content (AvgIpc) is 2.89. The summed E-state index contributed by atoms with van der Waals surface area (Å²) in [5.41, 5.74) is -0.265. The lowest BCUT2D eigenvalue weighted by molar-refractivity contribution is -0.121. The highest BCUT2D eigenvalue weighted by Gasteiger charge is 2.32. The molecule has 1 amide bonds. The molecule has 0 aliphatic carbocycles. The van der Waals surface area contributed by atoms with Crippen LogP contribution in [0.5, 0.6) is 11.5 Å². The second kappa shape index (κ2) is 7.07. The molecule has 2 aromatic rings. The molecular weight excluding hydrogens is 338 g/mol. The van der Waals surface area contributed by atoms with Crippen LogP contribution in [-0.2, 0) is 17.8 Å². The SMILES string of the molecule is CC1(C)Cc2cccc(OCCNC(=O)Cn3ccc(=O)[nH]c3=O)c2O1. The molecule has 8 nitrogen and oxygen atoms in total. The molecule has 0 unspecified atom stereocenters. The van der Waals surface area contributed by atoms with E-state index in [0.717, 1.165) is 22.3 Å². The standard InChI is InChI=1S/C18H21N3O5/c1-18(2)10-12-4-3-5-13(16(12)26-18)25-9-7-19-15(23)11-21-8-6-14(22)20-17(21)24/h3-6,8H,7,9-11H2,1-2H3,(H,19,23)(H,20,22,24). The number of aromatic amines is 1. The molecule has 0 spiro atoms. The predicted molar refractivity (Wildman–Crippen MR) is 94.7 cm³/mol. The normalized spacial score (nSPS) is 14.4. The third-order valence-corrected chi connectivity index (χ3v) is 3.95. The summed E-state index contributed by atoms with van der Waals surface area (Å²) in [4.78, 5) is 36.5. The average molecular weight is 359 g/mol. The fraction of sp³-hybridized carbons (Fsp3) is 0.389. The Morgan fingerprint density at radius 3 is 2.92 bits per heavy atom. The topological polar surface area (TPSA) is 102 Å². The van der Waals surface area contributed by atoms with Crippen molar-refractivity contribution >= 4 is 5.91 Å². The highest BCUT2D eigenvalue weighted by molar-refractivity contribution is 5.75. The smallest absolute Gasteiger partial charge is 0.328 e. The van der Waals surface area contributed by atoms with Gasteiger partial charge < -0.3 is 14.8 Å². The Labute approximate surface area is 149 Å². The van der Waals surface area contributed by atoms with Gasteiger partial charge in [0.15, 0.2) is 11.5 Å². The lowest BCUT2D eigenvalue weighted by Crippen LogP contribution is -2.36. The highest BCUT2D eigenvalue weighted by Crippen LogP contribution is 2.41. The van der Waals surface area contributed by atoms with Gasteiger partial charge in [0.2, 0.25) is 5.91 Å². The van der Waals surface area contributed by atoms with Crippen molar-refractivity contribution in [1.29, 1.82) is 0 Å². The lowest BCUT2D eigenvalue weighted by atomic mass is 10.0. The molecule has 0 atom stereocenters. The van der Waals surface area contributed by atoms with E-state index in [1.54, 1.807) is 0 Å². The fourth-order valence-corrected chi connectivity index (χ4v) is 2.83. The van der Waals surface area contributed by atoms with Gasteiger partial charge in [-0.3, -0.25) is 19.1 Å². The number of hydrogen-bond donors (Lipinski definition) is 2. The minimum absolute atomic E-state index is 0.173. The summed E-state index contributed by atoms with van der Waals surface area (Å²) in [6, 6.07) is 6.96. The van der Waals surface area contributed by atoms with Gasteiger partial charge in [-0.05, 0) is 19.9 Å². The molecule has 1 aliphatic heterocycles. The molecule has 8 heteroatoms. The summed E-state index contributed by atoms with van der Waals surface area (Å²) in [5.74, 6) is 1.06. The molecule has 3 rings (SSSR count). The molecule has 0 saturated heterocycles. The summed E-state index contributed by atoms with van der Waals surface area (Å²) in [5, 5.41) is 2.67. The van der Waals surface area contributed by atoms with Gasteiger partial charge >= 0.3 is 5.69 Å². The van der Waals surface area contributed by atoms with Crippen LogP contribution in [0.25, 0.3) is 0 Å². The number of nitrogens with one attached hydrogen (secondary N) is 2. The third-order valence-electron chi connectivity index (χ3n) is 3.95. The van der Waals surface area contributed by atoms with Crippen molar-refractivity contribution in [3.05, 3.63) is 56.9 Å². The number of carbonyl (C=O) groups is 1. The molecular formula is C18H21N3O5. The number of rotatable bonds is 6. The number of nitrogens with zero attached hydrogens (tertiary/aromatic N) is 1. The van der Waals surface area contributed by atoms with E-state index in [9.17, 15) is 14.4 Å². The van der Waals surface area contributed by atoms with Gasteiger partial charge in [0.05, 0.1) is 6.54 Å². The second-order valence-electron chi connectivity index (χ2n) is 6.72. The lowest BCUT2D eigenvalue weighted by Gasteiger charge is -2.18. The Morgan fingerprint density at radius 2 is 2.15 bits per heavy atom. The van der Waals surface area contributed by atoms with Crippen LogP contribution >= 0.6 is 0 Å². The summed E-state index contributed by atoms with van der Waals surface area (Å²) in [6.07, 6.45) is 2.10. The minimum atomic E-state index is -0.622. The largest absolute Gasteiger partial charge is 0.488 e. The van der Waals surface area contributed by atoms with Crippen molar-refractivity contribution in [2.24, 2.45) is 0 Å². The summed E-state index contributed by atoms with van der Waals surface area (Å²) in [7, 11) is 0. The summed E-state index contributed by atoms with van der Waals surface area (Å²) < 4.78 is 12.8. The van der Waals surface area contributed by atoms with Crippen molar-refractivity contribution in [3.8, 4) is 11.5 Å². The van der Waals surface area contributed by atoms with Gasteiger partial charge in [0.25, 0.3) is 5.56 Å². The summed E-state index contributed by atoms with van der Waals surface area (Å²) in [6.45, 7) is 4.43. The van der Waals surface area contributed by atoms with Crippen LogP contribution in [0.15, 0.2) is 40.1 Å². The maximum Gasteiger partial charge on any atom is 0.328 e. The highest BCUT2D eigenvalue weighted by atomic mass is 16.5. The number of ether oxygens (including phenoxy) is 2. The first-order valence-electron chi connectivity index (χ1n) is 8.34. The van der Waals surface area contributed by atoms with E-state index in [0.29, 0.717) is 5.75 Å². The van der Waals surface area contributed by atoms with Crippen LogP contribution in [0.2, 0.25) is 0 Å². The fourth-order valence-electron chi connectivity index (χ4n) is 2.83. The van der Waals surface area contributed by atoms with Crippen LogP contribution in [0.3, 0.4) is 0 Å². The molecule has 0 saturated carbocycles. The zero-order valence-electron chi connectivity index (χ0n) is 14.7. The van der Waals surface area contributed by atoms with Crippen molar-refractivity contribution in [2.75, 3.05) is 13.2 Å². The quantitative estimate of drug-likeness (QED) is 0.729. The van der Waals surface area contributed by atoms with Crippen molar-refractivity contribution in [1.82, 2.24) is 14.9 Å². The van der Waals surface area contributed by atoms with Crippen molar-refractivity contribution in [2.45, 2.75) is 32.4 Å². The van der Waals surface area contributed by atoms with E-state index in [2.05, 4.69) is 10.3 Å². The minimum Gasteiger partial charge on any atom is -0.488 e. The number of para-hydroxylation sites is 1. The Kier molecular flexibility index (Phi) is 4.83. The van der Waals surface area contributed by atoms with Crippen LogP contribution in [0.1, 0.15) is 19.4 Å². The van der Waals surface area contributed by atoms with E-state index >= 15 is 0 Å². The maximum absolute atomic E-state index is 11.9. The molecule has 0 fully saturated rings. The van der Waals surface area contributed by atoms with E-state index in [4.69, 9.17) is 9.47 Å². The Bertz CT molecular complexity index is 929. The molecule has 2 N–H and O–H groups in total. The number of aromatic nitrogens is 2. The van der Waals surface area contributed by atoms with Gasteiger partial charge in [0, 0.05) is 24.2 Å². The summed E-state index contributed by atoms with van der Waals surface area (Å²) >= 11 is 0. The van der Waals surface area contributed by atoms with Gasteiger partial charge in [-0.15, -0.1) is 0 Å². The predicted octanol–water partition coefficient (Wildman–Crippen LogP) is 0.445. The van der Waals surface area contributed by atoms with Gasteiger partial charge in [-0.1, -0.05) is 12.1 Å². The molecule has 26 heavy (non-hydrogen) atoms. The van der Waals surface area contributed by atoms with Crippen LogP contribution in [-0.4, -0.2) is 34.2 Å². The van der Waals surface area contributed by atoms with E-state index < -0.39 is 11.2 Å². The number of H-pyrrole nitrogens is 1. The molecule has 138 valence electrons. The number of benzene rings is 1. The van der Waals surface area contributed by atoms with E-state index in [1.807, 2.05) is 32.0 Å². The van der Waals surface area contributed by atoms with Gasteiger partial charge in [-0.25, -0.2) is 4.79 Å². The third kappa shape index (κ3) is 4.14. The monoisotopic (exact) mass is 359 g/mol. The Balaban J connectivity index is 1.49. The molecule has 2 heterocycles. The number of hydrogen-bond acceptors (Lipinski definition) is 5. The Hall–Kier alpha value is -3.03. The number of fused-ring (bicyclic) bond motifs is 1. The van der Waals surface area contributed by atoms with Crippen LogP contribution in [0, 0.1) is 0 Å². The number of carbonyl (C=O) groups excluding carboxylic acids is 1. The van der Waals surface area contributed by atoms with Crippen LogP contribution < -0.4 is 26.0 Å². The van der Waals surface area contributed by atoms with E-state index in [-0.39, 0.29) is 31.2 Å². The zero-order valence-corrected chi connectivity index (χ0v) is 14.7. The molecule has 1 aromatic heterocycles. The number of amides is 1.